The summed E-state index contributed by atoms with van der Waals surface area (Å²) in [7, 11) is 1.44. The van der Waals surface area contributed by atoms with E-state index in [1.807, 2.05) is 0 Å². The van der Waals surface area contributed by atoms with Crippen LogP contribution in [0.3, 0.4) is 0 Å². The standard InChI is InChI=1S/C17H11ClF6N4O/c1-28-7-12(17(22,23)24)25-14(28)10-4-2-9(3-5-10)8-29-13-6-11(16(19,20)21)26-15(18)27-13/h2-7H,8H2,1H3. The first-order valence-corrected chi connectivity index (χ1v) is 8.26. The normalized spacial score (nSPS) is 12.3. The van der Waals surface area contributed by atoms with Crippen molar-refractivity contribution in [2.75, 3.05) is 0 Å². The molecule has 29 heavy (non-hydrogen) atoms. The molecular formula is C17H11ClF6N4O. The van der Waals surface area contributed by atoms with Gasteiger partial charge >= 0.3 is 12.4 Å². The Kier molecular flexibility index (Phi) is 5.44. The van der Waals surface area contributed by atoms with E-state index in [1.165, 1.54) is 23.7 Å². The molecule has 154 valence electrons. The van der Waals surface area contributed by atoms with Crippen molar-refractivity contribution in [2.24, 2.45) is 7.05 Å². The van der Waals surface area contributed by atoms with E-state index in [1.54, 1.807) is 12.1 Å². The molecule has 2 aromatic heterocycles. The SMILES string of the molecule is Cn1cc(C(F)(F)F)nc1-c1ccc(COc2cc(C(F)(F)F)nc(Cl)n2)cc1. The van der Waals surface area contributed by atoms with Crippen molar-refractivity contribution in [3.63, 3.8) is 0 Å². The molecule has 0 unspecified atom stereocenters. The zero-order valence-electron chi connectivity index (χ0n) is 14.5. The molecule has 5 nitrogen and oxygen atoms in total. The van der Waals surface area contributed by atoms with E-state index >= 15 is 0 Å². The zero-order chi connectivity index (χ0) is 21.4. The van der Waals surface area contributed by atoms with Crippen molar-refractivity contribution >= 4 is 11.6 Å². The van der Waals surface area contributed by atoms with E-state index in [9.17, 15) is 26.3 Å². The molecule has 0 N–H and O–H groups in total. The van der Waals surface area contributed by atoms with E-state index in [0.29, 0.717) is 17.2 Å². The molecule has 3 aromatic rings. The third-order valence-corrected chi connectivity index (χ3v) is 3.90. The van der Waals surface area contributed by atoms with Crippen LogP contribution in [0.1, 0.15) is 17.0 Å². The molecule has 0 saturated heterocycles. The van der Waals surface area contributed by atoms with Gasteiger partial charge in [-0.05, 0) is 17.2 Å². The minimum atomic E-state index is -4.70. The molecule has 0 spiro atoms. The number of hydrogen-bond acceptors (Lipinski definition) is 4. The second-order valence-corrected chi connectivity index (χ2v) is 6.24. The molecule has 0 atom stereocenters. The highest BCUT2D eigenvalue weighted by Crippen LogP contribution is 2.31. The number of aryl methyl sites for hydroxylation is 1. The van der Waals surface area contributed by atoms with Gasteiger partial charge in [0.25, 0.3) is 0 Å². The van der Waals surface area contributed by atoms with Crippen LogP contribution in [0.15, 0.2) is 36.5 Å². The van der Waals surface area contributed by atoms with Crippen LogP contribution in [0.2, 0.25) is 5.28 Å². The third kappa shape index (κ3) is 4.97. The Labute approximate surface area is 164 Å². The van der Waals surface area contributed by atoms with Gasteiger partial charge in [0.2, 0.25) is 11.2 Å². The van der Waals surface area contributed by atoms with Crippen molar-refractivity contribution in [1.29, 1.82) is 0 Å². The molecule has 1 aromatic carbocycles. The molecule has 0 radical (unpaired) electrons. The van der Waals surface area contributed by atoms with E-state index < -0.39 is 29.0 Å². The average Bonchev–Trinajstić information content (AvgIpc) is 3.01. The summed E-state index contributed by atoms with van der Waals surface area (Å²) in [5.41, 5.74) is -1.28. The predicted octanol–water partition coefficient (Wildman–Crippen LogP) is 5.15. The largest absolute Gasteiger partial charge is 0.473 e. The monoisotopic (exact) mass is 436 g/mol. The van der Waals surface area contributed by atoms with Crippen molar-refractivity contribution in [3.8, 4) is 17.3 Å². The fourth-order valence-corrected chi connectivity index (χ4v) is 2.57. The van der Waals surface area contributed by atoms with Gasteiger partial charge in [-0.15, -0.1) is 0 Å². The molecule has 0 aliphatic rings. The number of halogens is 7. The molecule has 0 amide bonds. The minimum absolute atomic E-state index is 0.113. The van der Waals surface area contributed by atoms with E-state index in [4.69, 9.17) is 16.3 Å². The number of nitrogens with zero attached hydrogens (tertiary/aromatic N) is 4. The topological polar surface area (TPSA) is 52.8 Å². The first-order valence-electron chi connectivity index (χ1n) is 7.88. The average molecular weight is 437 g/mol. The van der Waals surface area contributed by atoms with Crippen LogP contribution in [-0.2, 0) is 26.0 Å². The second kappa shape index (κ2) is 7.54. The number of rotatable bonds is 4. The summed E-state index contributed by atoms with van der Waals surface area (Å²) in [5.74, 6) is -0.248. The highest BCUT2D eigenvalue weighted by molar-refractivity contribution is 6.28. The van der Waals surface area contributed by atoms with Crippen LogP contribution < -0.4 is 4.74 Å². The molecule has 3 rings (SSSR count). The van der Waals surface area contributed by atoms with E-state index in [-0.39, 0.29) is 18.3 Å². The number of benzene rings is 1. The molecule has 0 saturated carbocycles. The molecule has 0 fully saturated rings. The summed E-state index contributed by atoms with van der Waals surface area (Å²) in [6, 6.07) is 6.76. The Bertz CT molecular complexity index is 1010. The predicted molar refractivity (Wildman–Crippen MR) is 90.0 cm³/mol. The van der Waals surface area contributed by atoms with Gasteiger partial charge < -0.3 is 9.30 Å². The van der Waals surface area contributed by atoms with Crippen LogP contribution >= 0.6 is 11.6 Å². The van der Waals surface area contributed by atoms with Crippen LogP contribution in [-0.4, -0.2) is 19.5 Å². The lowest BCUT2D eigenvalue weighted by atomic mass is 10.1. The Morgan fingerprint density at radius 3 is 2.10 bits per heavy atom. The maximum Gasteiger partial charge on any atom is 0.434 e. The van der Waals surface area contributed by atoms with Gasteiger partial charge in [0.15, 0.2) is 11.4 Å². The highest BCUT2D eigenvalue weighted by Gasteiger charge is 2.35. The van der Waals surface area contributed by atoms with Gasteiger partial charge in [-0.1, -0.05) is 24.3 Å². The Balaban J connectivity index is 1.74. The maximum absolute atomic E-state index is 12.8. The highest BCUT2D eigenvalue weighted by atomic mass is 35.5. The quantitative estimate of drug-likeness (QED) is 0.419. The maximum atomic E-state index is 12.8. The minimum Gasteiger partial charge on any atom is -0.473 e. The first-order chi connectivity index (χ1) is 13.4. The summed E-state index contributed by atoms with van der Waals surface area (Å²) in [6.07, 6.45) is -8.38. The van der Waals surface area contributed by atoms with Crippen LogP contribution in [0.4, 0.5) is 26.3 Å². The molecule has 12 heteroatoms. The van der Waals surface area contributed by atoms with E-state index in [0.717, 1.165) is 6.20 Å². The third-order valence-electron chi connectivity index (χ3n) is 3.73. The zero-order valence-corrected chi connectivity index (χ0v) is 15.3. The van der Waals surface area contributed by atoms with Gasteiger partial charge in [0.1, 0.15) is 12.4 Å². The molecule has 0 aliphatic heterocycles. The number of aromatic nitrogens is 4. The Morgan fingerprint density at radius 1 is 0.931 bits per heavy atom. The summed E-state index contributed by atoms with van der Waals surface area (Å²) in [5, 5.41) is -0.611. The van der Waals surface area contributed by atoms with Gasteiger partial charge in [0, 0.05) is 24.9 Å². The number of imidazole rings is 1. The van der Waals surface area contributed by atoms with Crippen LogP contribution in [0, 0.1) is 0 Å². The van der Waals surface area contributed by atoms with Gasteiger partial charge in [-0.25, -0.2) is 9.97 Å². The van der Waals surface area contributed by atoms with Gasteiger partial charge in [-0.3, -0.25) is 0 Å². The summed E-state index contributed by atoms with van der Waals surface area (Å²) >= 11 is 5.48. The van der Waals surface area contributed by atoms with Crippen molar-refractivity contribution in [2.45, 2.75) is 19.0 Å². The summed E-state index contributed by atoms with van der Waals surface area (Å²) in [4.78, 5) is 10.3. The van der Waals surface area contributed by atoms with Crippen molar-refractivity contribution < 1.29 is 31.1 Å². The lowest BCUT2D eigenvalue weighted by Gasteiger charge is -2.10. The molecular weight excluding hydrogens is 426 g/mol. The summed E-state index contributed by atoms with van der Waals surface area (Å²) < 4.78 is 83.0. The molecule has 0 aliphatic carbocycles. The fraction of sp³-hybridized carbons (Fsp3) is 0.235. The van der Waals surface area contributed by atoms with Gasteiger partial charge in [0.05, 0.1) is 0 Å². The molecule has 0 bridgehead atoms. The first kappa shape index (κ1) is 20.9. The second-order valence-electron chi connectivity index (χ2n) is 5.90. The summed E-state index contributed by atoms with van der Waals surface area (Å²) in [6.45, 7) is -0.140. The number of ether oxygens (including phenoxy) is 1. The number of hydrogen-bond donors (Lipinski definition) is 0. The van der Waals surface area contributed by atoms with Crippen LogP contribution in [0.25, 0.3) is 11.4 Å². The van der Waals surface area contributed by atoms with E-state index in [2.05, 4.69) is 15.0 Å². The van der Waals surface area contributed by atoms with Crippen molar-refractivity contribution in [3.05, 3.63) is 58.8 Å². The van der Waals surface area contributed by atoms with Gasteiger partial charge in [-0.2, -0.15) is 31.3 Å². The lowest BCUT2D eigenvalue weighted by Crippen LogP contribution is -2.10. The Morgan fingerprint density at radius 2 is 1.55 bits per heavy atom. The molecule has 2 heterocycles. The Hall–Kier alpha value is -2.82. The lowest BCUT2D eigenvalue weighted by molar-refractivity contribution is -0.142. The van der Waals surface area contributed by atoms with Crippen molar-refractivity contribution in [1.82, 2.24) is 19.5 Å². The fourth-order valence-electron chi connectivity index (χ4n) is 2.39. The number of alkyl halides is 6. The smallest absolute Gasteiger partial charge is 0.434 e. The van der Waals surface area contributed by atoms with Crippen LogP contribution in [0.5, 0.6) is 5.88 Å².